The zero-order valence-corrected chi connectivity index (χ0v) is 22.7. The van der Waals surface area contributed by atoms with Crippen LogP contribution in [0.1, 0.15) is 80.2 Å². The highest BCUT2D eigenvalue weighted by Gasteiger charge is 2.26. The smallest absolute Gasteiger partial charge is 0.336 e. The number of rotatable bonds is 6. The average molecular weight is 472 g/mol. The Morgan fingerprint density at radius 3 is 2.51 bits per heavy atom. The van der Waals surface area contributed by atoms with Crippen molar-refractivity contribution < 1.29 is 9.53 Å². The lowest BCUT2D eigenvalue weighted by atomic mass is 9.72. The molecule has 1 N–H and O–H groups in total. The number of hydrogen-bond acceptors (Lipinski definition) is 3. The Kier molecular flexibility index (Phi) is 8.10. The number of anilines is 1. The third kappa shape index (κ3) is 7.21. The van der Waals surface area contributed by atoms with Crippen molar-refractivity contribution in [3.05, 3.63) is 88.6 Å². The summed E-state index contributed by atoms with van der Waals surface area (Å²) in [6.07, 6.45) is 17.9. The maximum atomic E-state index is 12.4. The van der Waals surface area contributed by atoms with Crippen LogP contribution in [-0.2, 0) is 4.79 Å². The molecule has 35 heavy (non-hydrogen) atoms. The van der Waals surface area contributed by atoms with Gasteiger partial charge < -0.3 is 10.1 Å². The largest absolute Gasteiger partial charge is 0.423 e. The van der Waals surface area contributed by atoms with E-state index in [0.717, 1.165) is 16.8 Å². The Labute approximate surface area is 212 Å². The minimum Gasteiger partial charge on any atom is -0.423 e. The van der Waals surface area contributed by atoms with Gasteiger partial charge in [0.05, 0.1) is 5.54 Å². The molecule has 0 saturated carbocycles. The molecule has 1 aromatic rings. The van der Waals surface area contributed by atoms with Crippen molar-refractivity contribution in [2.75, 3.05) is 5.32 Å². The first-order valence-corrected chi connectivity index (χ1v) is 12.6. The number of esters is 1. The van der Waals surface area contributed by atoms with Gasteiger partial charge in [0.2, 0.25) is 0 Å². The first-order chi connectivity index (χ1) is 16.4. The van der Waals surface area contributed by atoms with Gasteiger partial charge in [-0.1, -0.05) is 61.4 Å². The van der Waals surface area contributed by atoms with Crippen LogP contribution in [0, 0.1) is 5.41 Å². The van der Waals surface area contributed by atoms with Crippen molar-refractivity contribution in [1.82, 2.24) is 0 Å². The molecule has 3 rings (SSSR count). The highest BCUT2D eigenvalue weighted by atomic mass is 16.5. The Morgan fingerprint density at radius 1 is 1.06 bits per heavy atom. The van der Waals surface area contributed by atoms with Crippen LogP contribution >= 0.6 is 0 Å². The summed E-state index contributed by atoms with van der Waals surface area (Å²) in [5.41, 5.74) is 8.42. The van der Waals surface area contributed by atoms with Gasteiger partial charge >= 0.3 is 5.97 Å². The van der Waals surface area contributed by atoms with Crippen molar-refractivity contribution in [3.63, 3.8) is 0 Å². The molecule has 0 amide bonds. The molecule has 0 unspecified atom stereocenters. The lowest BCUT2D eigenvalue weighted by molar-refractivity contribution is -0.129. The molecule has 1 aliphatic carbocycles. The Balaban J connectivity index is 1.61. The molecule has 0 saturated heterocycles. The predicted octanol–water partition coefficient (Wildman–Crippen LogP) is 8.73. The van der Waals surface area contributed by atoms with E-state index in [1.807, 2.05) is 37.3 Å². The minimum atomic E-state index is -0.375. The third-order valence-electron chi connectivity index (χ3n) is 6.79. The van der Waals surface area contributed by atoms with Gasteiger partial charge in [0, 0.05) is 17.3 Å². The Morgan fingerprint density at radius 2 is 1.80 bits per heavy atom. The van der Waals surface area contributed by atoms with E-state index in [1.165, 1.54) is 47.6 Å². The lowest BCUT2D eigenvalue weighted by Gasteiger charge is -2.32. The summed E-state index contributed by atoms with van der Waals surface area (Å²) in [7, 11) is 0. The Bertz CT molecular complexity index is 1170. The molecule has 1 aromatic carbocycles. The van der Waals surface area contributed by atoms with Gasteiger partial charge in [-0.3, -0.25) is 0 Å². The monoisotopic (exact) mass is 471 g/mol. The summed E-state index contributed by atoms with van der Waals surface area (Å²) in [6.45, 7) is 17.3. The Hall–Kier alpha value is -3.07. The first kappa shape index (κ1) is 26.5. The summed E-state index contributed by atoms with van der Waals surface area (Å²) < 4.78 is 5.58. The maximum Gasteiger partial charge on any atom is 0.336 e. The average Bonchev–Trinajstić information content (AvgIpc) is 2.72. The lowest BCUT2D eigenvalue weighted by Crippen LogP contribution is -2.31. The van der Waals surface area contributed by atoms with Gasteiger partial charge in [0.25, 0.3) is 0 Å². The van der Waals surface area contributed by atoms with Crippen LogP contribution < -0.4 is 10.1 Å². The first-order valence-electron chi connectivity index (χ1n) is 12.6. The second-order valence-electron chi connectivity index (χ2n) is 11.2. The molecule has 3 heteroatoms. The molecular weight excluding hydrogens is 430 g/mol. The van der Waals surface area contributed by atoms with Crippen LogP contribution in [-0.4, -0.2) is 11.5 Å². The van der Waals surface area contributed by atoms with E-state index in [2.05, 4.69) is 78.1 Å². The number of benzene rings is 1. The van der Waals surface area contributed by atoms with Crippen LogP contribution in [0.25, 0.3) is 5.57 Å². The summed E-state index contributed by atoms with van der Waals surface area (Å²) in [5, 5.41) is 3.49. The standard InChI is InChI=1S/C32H41NO2/c1-22(14-16-28-24(3)13-10-18-31(28,5)6)11-9-12-23(2)19-30(34)35-26-15-17-29-27(20-26)25(4)21-32(7,8)33-29/h9,11-12,14-17,19-21,33H,10,13,18H2,1-8H3/b12-9-,16-14+,22-11+,23-19-. The van der Waals surface area contributed by atoms with Crippen molar-refractivity contribution in [2.24, 2.45) is 5.41 Å². The van der Waals surface area contributed by atoms with Gasteiger partial charge in [-0.05, 0) is 101 Å². The van der Waals surface area contributed by atoms with Gasteiger partial charge in [-0.25, -0.2) is 4.79 Å². The molecule has 3 nitrogen and oxygen atoms in total. The van der Waals surface area contributed by atoms with Crippen LogP contribution in [0.4, 0.5) is 5.69 Å². The zero-order chi connectivity index (χ0) is 25.8. The molecule has 0 spiro atoms. The van der Waals surface area contributed by atoms with E-state index in [9.17, 15) is 4.79 Å². The van der Waals surface area contributed by atoms with Gasteiger partial charge in [-0.15, -0.1) is 0 Å². The van der Waals surface area contributed by atoms with Crippen LogP contribution in [0.3, 0.4) is 0 Å². The molecule has 0 fully saturated rings. The highest BCUT2D eigenvalue weighted by Crippen LogP contribution is 2.41. The van der Waals surface area contributed by atoms with Crippen molar-refractivity contribution in [3.8, 4) is 5.75 Å². The number of carbonyl (C=O) groups is 1. The summed E-state index contributed by atoms with van der Waals surface area (Å²) in [5.74, 6) is 0.174. The summed E-state index contributed by atoms with van der Waals surface area (Å²) >= 11 is 0. The van der Waals surface area contributed by atoms with E-state index in [4.69, 9.17) is 4.74 Å². The third-order valence-corrected chi connectivity index (χ3v) is 6.79. The highest BCUT2D eigenvalue weighted by molar-refractivity contribution is 5.86. The number of ether oxygens (including phenoxy) is 1. The fraction of sp³-hybridized carbons (Fsp3) is 0.406. The molecule has 2 aliphatic rings. The molecule has 1 aliphatic heterocycles. The van der Waals surface area contributed by atoms with Crippen molar-refractivity contribution in [1.29, 1.82) is 0 Å². The van der Waals surface area contributed by atoms with E-state index in [-0.39, 0.29) is 16.9 Å². The van der Waals surface area contributed by atoms with Crippen LogP contribution in [0.15, 0.2) is 83.0 Å². The quantitative estimate of drug-likeness (QED) is 0.195. The topological polar surface area (TPSA) is 38.3 Å². The van der Waals surface area contributed by atoms with E-state index in [0.29, 0.717) is 5.75 Å². The van der Waals surface area contributed by atoms with Gasteiger partial charge in [0.15, 0.2) is 0 Å². The van der Waals surface area contributed by atoms with E-state index < -0.39 is 0 Å². The van der Waals surface area contributed by atoms with E-state index >= 15 is 0 Å². The van der Waals surface area contributed by atoms with Crippen LogP contribution in [0.2, 0.25) is 0 Å². The molecule has 1 heterocycles. The maximum absolute atomic E-state index is 12.4. The second-order valence-corrected chi connectivity index (χ2v) is 11.2. The van der Waals surface area contributed by atoms with Crippen molar-refractivity contribution >= 4 is 17.2 Å². The van der Waals surface area contributed by atoms with Gasteiger partial charge in [-0.2, -0.15) is 0 Å². The molecular formula is C32H41NO2. The molecule has 0 aromatic heterocycles. The SMILES string of the molecule is CC1=CC(C)(C)Nc2ccc(OC(=O)\C=C(C)/C=C\C=C(C)\C=C\C3=C(C)CCCC3(C)C)cc21. The normalized spacial score (nSPS) is 20.1. The molecule has 186 valence electrons. The number of allylic oxidation sites excluding steroid dienone is 10. The number of carbonyl (C=O) groups excluding carboxylic acids is 1. The minimum absolute atomic E-state index is 0.0905. The van der Waals surface area contributed by atoms with Gasteiger partial charge in [0.1, 0.15) is 5.75 Å². The van der Waals surface area contributed by atoms with Crippen molar-refractivity contribution in [2.45, 2.75) is 80.2 Å². The fourth-order valence-corrected chi connectivity index (χ4v) is 5.04. The number of hydrogen-bond donors (Lipinski definition) is 1. The van der Waals surface area contributed by atoms with E-state index in [1.54, 1.807) is 0 Å². The van der Waals surface area contributed by atoms with Crippen LogP contribution in [0.5, 0.6) is 5.75 Å². The molecule has 0 atom stereocenters. The summed E-state index contributed by atoms with van der Waals surface area (Å²) in [4.78, 5) is 12.4. The molecule has 0 bridgehead atoms. The predicted molar refractivity (Wildman–Crippen MR) is 150 cm³/mol. The molecule has 0 radical (unpaired) electrons. The fourth-order valence-electron chi connectivity index (χ4n) is 5.04. The number of nitrogens with one attached hydrogen (secondary N) is 1. The zero-order valence-electron chi connectivity index (χ0n) is 22.7. The summed E-state index contributed by atoms with van der Waals surface area (Å²) in [6, 6.07) is 5.73. The number of fused-ring (bicyclic) bond motifs is 1. The second kappa shape index (κ2) is 10.7.